The molecule has 8 atom stereocenters. The fourth-order valence-corrected chi connectivity index (χ4v) is 11.3. The first-order valence-corrected chi connectivity index (χ1v) is 26.0. The Morgan fingerprint density at radius 1 is 0.525 bits per heavy atom. The van der Waals surface area contributed by atoms with Crippen molar-refractivity contribution in [2.24, 2.45) is 35.5 Å². The number of rotatable bonds is 27. The van der Waals surface area contributed by atoms with Gasteiger partial charge in [-0.2, -0.15) is 0 Å². The SMILES string of the molecule is C=CC(=O)OCCCCCCOC1CCC2CC(C#CC3CCC(OCCCCCCOC4CCC(OCCCC5CCC(CCCCC)CC5)C(F)C4F)CC3)CCC2C1. The first-order valence-electron chi connectivity index (χ1n) is 26.0. The van der Waals surface area contributed by atoms with Crippen molar-refractivity contribution in [2.45, 2.75) is 236 Å². The van der Waals surface area contributed by atoms with Crippen molar-refractivity contribution in [3.63, 3.8) is 0 Å². The van der Waals surface area contributed by atoms with Gasteiger partial charge in [-0.15, -0.1) is 0 Å². The van der Waals surface area contributed by atoms with Gasteiger partial charge in [-0.3, -0.25) is 0 Å². The van der Waals surface area contributed by atoms with Crippen LogP contribution >= 0.6 is 0 Å². The summed E-state index contributed by atoms with van der Waals surface area (Å²) in [5.41, 5.74) is 0. The molecule has 0 saturated heterocycles. The van der Waals surface area contributed by atoms with Gasteiger partial charge in [0.1, 0.15) is 0 Å². The molecule has 0 N–H and O–H groups in total. The molecule has 0 radical (unpaired) electrons. The van der Waals surface area contributed by atoms with Gasteiger partial charge in [0.25, 0.3) is 0 Å². The van der Waals surface area contributed by atoms with Crippen molar-refractivity contribution in [3.05, 3.63) is 12.7 Å². The Bertz CT molecular complexity index is 1240. The largest absolute Gasteiger partial charge is 0.463 e. The van der Waals surface area contributed by atoms with E-state index >= 15 is 0 Å². The first-order chi connectivity index (χ1) is 29.9. The molecule has 0 aromatic rings. The zero-order valence-electron chi connectivity index (χ0n) is 38.7. The van der Waals surface area contributed by atoms with Crippen LogP contribution in [0, 0.1) is 47.3 Å². The van der Waals surface area contributed by atoms with E-state index in [1.54, 1.807) is 0 Å². The number of halogens is 2. The number of ether oxygens (including phenoxy) is 5. The summed E-state index contributed by atoms with van der Waals surface area (Å²) in [5, 5.41) is 0. The molecule has 0 aromatic carbocycles. The second kappa shape index (κ2) is 29.8. The van der Waals surface area contributed by atoms with Crippen LogP contribution < -0.4 is 0 Å². The Hall–Kier alpha value is -1.53. The topological polar surface area (TPSA) is 63.2 Å². The van der Waals surface area contributed by atoms with Crippen LogP contribution in [-0.4, -0.2) is 75.8 Å². The Morgan fingerprint density at radius 3 is 1.64 bits per heavy atom. The van der Waals surface area contributed by atoms with Crippen molar-refractivity contribution in [3.8, 4) is 11.8 Å². The number of fused-ring (bicyclic) bond motifs is 1. The lowest BCUT2D eigenvalue weighted by molar-refractivity contribution is -0.137. The minimum absolute atomic E-state index is 0.335. The minimum atomic E-state index is -1.59. The molecular formula is C53H88F2O6. The van der Waals surface area contributed by atoms with E-state index in [9.17, 15) is 13.6 Å². The van der Waals surface area contributed by atoms with Gasteiger partial charge in [-0.05, 0) is 146 Å². The number of hydrogen-bond acceptors (Lipinski definition) is 6. The van der Waals surface area contributed by atoms with Gasteiger partial charge in [0, 0.05) is 44.3 Å². The minimum Gasteiger partial charge on any atom is -0.463 e. The molecule has 6 nitrogen and oxygen atoms in total. The van der Waals surface area contributed by atoms with E-state index in [1.807, 2.05) is 0 Å². The van der Waals surface area contributed by atoms with Crippen LogP contribution in [0.3, 0.4) is 0 Å². The zero-order valence-corrected chi connectivity index (χ0v) is 38.7. The lowest BCUT2D eigenvalue weighted by Crippen LogP contribution is -2.46. The van der Waals surface area contributed by atoms with Crippen LogP contribution in [0.1, 0.15) is 200 Å². The molecule has 5 rings (SSSR count). The van der Waals surface area contributed by atoms with Gasteiger partial charge >= 0.3 is 5.97 Å². The third-order valence-electron chi connectivity index (χ3n) is 15.3. The molecule has 8 unspecified atom stereocenters. The summed E-state index contributed by atoms with van der Waals surface area (Å²) in [6, 6.07) is 0. The van der Waals surface area contributed by atoms with E-state index in [0.717, 1.165) is 127 Å². The molecule has 0 heterocycles. The summed E-state index contributed by atoms with van der Waals surface area (Å²) in [4.78, 5) is 11.1. The molecule has 5 aliphatic carbocycles. The summed E-state index contributed by atoms with van der Waals surface area (Å²) in [6.07, 6.45) is 31.8. The van der Waals surface area contributed by atoms with E-state index < -0.39 is 24.6 Å². The molecule has 0 amide bonds. The lowest BCUT2D eigenvalue weighted by atomic mass is 9.67. The number of hydrogen-bond donors (Lipinski definition) is 0. The number of alkyl halides is 2. The van der Waals surface area contributed by atoms with Crippen molar-refractivity contribution in [2.75, 3.05) is 33.0 Å². The maximum Gasteiger partial charge on any atom is 0.330 e. The Labute approximate surface area is 371 Å². The fourth-order valence-electron chi connectivity index (χ4n) is 11.3. The maximum absolute atomic E-state index is 15.0. The molecule has 350 valence electrons. The van der Waals surface area contributed by atoms with Crippen LogP contribution in [0.15, 0.2) is 12.7 Å². The highest BCUT2D eigenvalue weighted by Crippen LogP contribution is 2.43. The molecule has 8 heteroatoms. The van der Waals surface area contributed by atoms with Crippen LogP contribution in [0.25, 0.3) is 0 Å². The van der Waals surface area contributed by atoms with E-state index in [0.29, 0.717) is 56.7 Å². The van der Waals surface area contributed by atoms with E-state index in [-0.39, 0.29) is 5.97 Å². The van der Waals surface area contributed by atoms with Gasteiger partial charge in [0.2, 0.25) is 0 Å². The number of carbonyl (C=O) groups excluding carboxylic acids is 1. The Kier molecular flexibility index (Phi) is 24.7. The fraction of sp³-hybridized carbons (Fsp3) is 0.906. The Morgan fingerprint density at radius 2 is 1.02 bits per heavy atom. The highest BCUT2D eigenvalue weighted by molar-refractivity contribution is 5.81. The molecule has 0 bridgehead atoms. The average molecular weight is 859 g/mol. The summed E-state index contributed by atoms with van der Waals surface area (Å²) in [5.74, 6) is 11.5. The van der Waals surface area contributed by atoms with Crippen molar-refractivity contribution in [1.29, 1.82) is 0 Å². The van der Waals surface area contributed by atoms with Gasteiger partial charge in [0.15, 0.2) is 12.3 Å². The molecule has 0 aliphatic heterocycles. The monoisotopic (exact) mass is 859 g/mol. The molecule has 5 aliphatic rings. The lowest BCUT2D eigenvalue weighted by Gasteiger charge is -2.41. The molecular weight excluding hydrogens is 771 g/mol. The highest BCUT2D eigenvalue weighted by atomic mass is 19.2. The van der Waals surface area contributed by atoms with Crippen LogP contribution in [0.5, 0.6) is 0 Å². The van der Waals surface area contributed by atoms with Crippen molar-refractivity contribution >= 4 is 5.97 Å². The maximum atomic E-state index is 15.0. The predicted octanol–water partition coefficient (Wildman–Crippen LogP) is 13.4. The summed E-state index contributed by atoms with van der Waals surface area (Å²) < 4.78 is 59.3. The smallest absolute Gasteiger partial charge is 0.330 e. The summed E-state index contributed by atoms with van der Waals surface area (Å²) in [7, 11) is 0. The van der Waals surface area contributed by atoms with Gasteiger partial charge in [-0.1, -0.05) is 96.0 Å². The summed E-state index contributed by atoms with van der Waals surface area (Å²) in [6.45, 7) is 8.87. The number of unbranched alkanes of at least 4 members (excludes halogenated alkanes) is 8. The summed E-state index contributed by atoms with van der Waals surface area (Å²) >= 11 is 0. The Balaban J connectivity index is 0.803. The molecule has 5 saturated carbocycles. The van der Waals surface area contributed by atoms with E-state index in [2.05, 4.69) is 25.3 Å². The second-order valence-electron chi connectivity index (χ2n) is 20.0. The third kappa shape index (κ3) is 19.2. The molecule has 0 aromatic heterocycles. The van der Waals surface area contributed by atoms with Crippen molar-refractivity contribution in [1.82, 2.24) is 0 Å². The second-order valence-corrected chi connectivity index (χ2v) is 20.0. The van der Waals surface area contributed by atoms with Crippen molar-refractivity contribution < 1.29 is 37.3 Å². The third-order valence-corrected chi connectivity index (χ3v) is 15.3. The normalized spacial score (nSPS) is 33.0. The van der Waals surface area contributed by atoms with Gasteiger partial charge < -0.3 is 23.7 Å². The molecule has 61 heavy (non-hydrogen) atoms. The molecule has 0 spiro atoms. The van der Waals surface area contributed by atoms with E-state index in [4.69, 9.17) is 23.7 Å². The predicted molar refractivity (Wildman–Crippen MR) is 243 cm³/mol. The first kappa shape index (κ1) is 50.5. The van der Waals surface area contributed by atoms with E-state index in [1.165, 1.54) is 96.0 Å². The number of esters is 1. The van der Waals surface area contributed by atoms with Gasteiger partial charge in [-0.25, -0.2) is 13.6 Å². The average Bonchev–Trinajstić information content (AvgIpc) is 3.28. The van der Waals surface area contributed by atoms with Crippen LogP contribution in [0.2, 0.25) is 0 Å². The van der Waals surface area contributed by atoms with Gasteiger partial charge in [0.05, 0.1) is 31.0 Å². The molecule has 5 fully saturated rings. The highest BCUT2D eigenvalue weighted by Gasteiger charge is 2.41. The quantitative estimate of drug-likeness (QED) is 0.0355. The van der Waals surface area contributed by atoms with Crippen LogP contribution in [0.4, 0.5) is 8.78 Å². The standard InChI is InChI=1S/C53H88F2O6/c1-3-5-10-16-41-18-20-42(21-19-41)17-15-38-60-50-33-32-49(52(54)53(50)55)59-36-13-8-6-11-34-57-47-29-25-43(26-30-47)22-23-44-24-27-46-40-48(31-28-45(46)39-44)58-35-12-7-9-14-37-61-51(56)4-2/h4,41-50,52-53H,2-3,5-21,24-40H2,1H3. The number of carbonyl (C=O) groups is 1. The van der Waals surface area contributed by atoms with Crippen LogP contribution in [-0.2, 0) is 28.5 Å². The zero-order chi connectivity index (χ0) is 42.9.